The molecular weight excluding hydrogens is 376 g/mol. The van der Waals surface area contributed by atoms with E-state index in [1.807, 2.05) is 0 Å². The van der Waals surface area contributed by atoms with E-state index >= 15 is 0 Å². The molecule has 2 heteroatoms. The van der Waals surface area contributed by atoms with Crippen molar-refractivity contribution in [3.05, 3.63) is 94.5 Å². The second kappa shape index (κ2) is 7.44. The van der Waals surface area contributed by atoms with Gasteiger partial charge in [0, 0.05) is 30.4 Å². The van der Waals surface area contributed by atoms with E-state index < -0.39 is 0 Å². The molecule has 0 unspecified atom stereocenters. The maximum absolute atomic E-state index is 3.61. The van der Waals surface area contributed by atoms with Gasteiger partial charge in [-0.25, -0.2) is 0 Å². The van der Waals surface area contributed by atoms with E-state index in [9.17, 15) is 0 Å². The highest BCUT2D eigenvalue weighted by atomic mass is 14.9. The molecule has 0 bridgehead atoms. The van der Waals surface area contributed by atoms with E-state index in [1.54, 1.807) is 0 Å². The fourth-order valence-electron chi connectivity index (χ4n) is 5.42. The van der Waals surface area contributed by atoms with Crippen LogP contribution in [0.5, 0.6) is 0 Å². The molecule has 0 amide bonds. The summed E-state index contributed by atoms with van der Waals surface area (Å²) >= 11 is 0. The Labute approximate surface area is 187 Å². The van der Waals surface area contributed by atoms with Gasteiger partial charge in [0.1, 0.15) is 0 Å². The van der Waals surface area contributed by atoms with Gasteiger partial charge in [-0.1, -0.05) is 82.3 Å². The van der Waals surface area contributed by atoms with Crippen LogP contribution in [0.25, 0.3) is 0 Å². The number of benzene rings is 3. The van der Waals surface area contributed by atoms with Gasteiger partial charge in [0.25, 0.3) is 0 Å². The standard InChI is InChI=1S/C29H34N2/c1-28(2)14-16-30-25-12-10-21(18-23(25)28)27(20-8-6-5-7-9-20)22-11-13-26-24(19-22)29(3,4)15-17-31-26/h5-13,18-19,27,30-31H,14-17H2,1-4H3. The molecule has 3 aromatic rings. The Balaban J connectivity index is 1.67. The molecule has 0 saturated heterocycles. The number of fused-ring (bicyclic) bond motifs is 2. The highest BCUT2D eigenvalue weighted by Crippen LogP contribution is 2.43. The number of hydrogen-bond donors (Lipinski definition) is 2. The second-order valence-corrected chi connectivity index (χ2v) is 10.6. The molecule has 31 heavy (non-hydrogen) atoms. The summed E-state index contributed by atoms with van der Waals surface area (Å²) in [5.41, 5.74) is 9.97. The van der Waals surface area contributed by atoms with Crippen molar-refractivity contribution in [1.82, 2.24) is 0 Å². The lowest BCUT2D eigenvalue weighted by Gasteiger charge is -2.35. The van der Waals surface area contributed by atoms with Gasteiger partial charge < -0.3 is 10.6 Å². The molecule has 0 aromatic heterocycles. The van der Waals surface area contributed by atoms with E-state index in [0.717, 1.165) is 25.9 Å². The van der Waals surface area contributed by atoms with E-state index in [0.29, 0.717) is 0 Å². The summed E-state index contributed by atoms with van der Waals surface area (Å²) in [6.45, 7) is 11.6. The van der Waals surface area contributed by atoms with Crippen LogP contribution in [0.15, 0.2) is 66.7 Å². The monoisotopic (exact) mass is 410 g/mol. The van der Waals surface area contributed by atoms with Crippen LogP contribution in [-0.4, -0.2) is 13.1 Å². The zero-order valence-electron chi connectivity index (χ0n) is 19.3. The van der Waals surface area contributed by atoms with Gasteiger partial charge >= 0.3 is 0 Å². The minimum atomic E-state index is 0.194. The lowest BCUT2D eigenvalue weighted by atomic mass is 9.74. The highest BCUT2D eigenvalue weighted by molar-refractivity contribution is 5.62. The minimum absolute atomic E-state index is 0.194. The maximum Gasteiger partial charge on any atom is 0.0378 e. The summed E-state index contributed by atoms with van der Waals surface area (Å²) < 4.78 is 0. The quantitative estimate of drug-likeness (QED) is 0.452. The number of anilines is 2. The van der Waals surface area contributed by atoms with Crippen molar-refractivity contribution in [2.45, 2.75) is 57.3 Å². The zero-order chi connectivity index (χ0) is 21.6. The first-order valence-electron chi connectivity index (χ1n) is 11.7. The van der Waals surface area contributed by atoms with Crippen molar-refractivity contribution in [3.63, 3.8) is 0 Å². The van der Waals surface area contributed by atoms with E-state index in [2.05, 4.69) is 105 Å². The van der Waals surface area contributed by atoms with Gasteiger partial charge in [-0.05, 0) is 63.6 Å². The third-order valence-corrected chi connectivity index (χ3v) is 7.48. The Bertz CT molecular complexity index is 1030. The van der Waals surface area contributed by atoms with Crippen LogP contribution in [0.2, 0.25) is 0 Å². The molecular formula is C29H34N2. The number of hydrogen-bond acceptors (Lipinski definition) is 2. The van der Waals surface area contributed by atoms with Crippen LogP contribution in [0.4, 0.5) is 11.4 Å². The molecule has 2 heterocycles. The molecule has 160 valence electrons. The summed E-state index contributed by atoms with van der Waals surface area (Å²) in [7, 11) is 0. The highest BCUT2D eigenvalue weighted by Gasteiger charge is 2.31. The van der Waals surface area contributed by atoms with Gasteiger partial charge in [-0.3, -0.25) is 0 Å². The predicted octanol–water partition coefficient (Wildman–Crippen LogP) is 7.05. The molecule has 0 saturated carbocycles. The Morgan fingerprint density at radius 2 is 1.10 bits per heavy atom. The fraction of sp³-hybridized carbons (Fsp3) is 0.379. The Hall–Kier alpha value is -2.74. The van der Waals surface area contributed by atoms with Crippen molar-refractivity contribution in [2.24, 2.45) is 0 Å². The van der Waals surface area contributed by atoms with Gasteiger partial charge in [-0.15, -0.1) is 0 Å². The summed E-state index contributed by atoms with van der Waals surface area (Å²) in [5.74, 6) is 0.229. The molecule has 0 fully saturated rings. The predicted molar refractivity (Wildman–Crippen MR) is 133 cm³/mol. The Morgan fingerprint density at radius 3 is 1.58 bits per heavy atom. The molecule has 2 N–H and O–H groups in total. The van der Waals surface area contributed by atoms with Gasteiger partial charge in [0.05, 0.1) is 0 Å². The van der Waals surface area contributed by atoms with Crippen molar-refractivity contribution < 1.29 is 0 Å². The molecule has 0 atom stereocenters. The lowest BCUT2D eigenvalue weighted by molar-refractivity contribution is 0.481. The van der Waals surface area contributed by atoms with Gasteiger partial charge in [0.15, 0.2) is 0 Å². The van der Waals surface area contributed by atoms with Crippen LogP contribution >= 0.6 is 0 Å². The largest absolute Gasteiger partial charge is 0.385 e. The van der Waals surface area contributed by atoms with Crippen LogP contribution < -0.4 is 10.6 Å². The first-order chi connectivity index (χ1) is 14.9. The molecule has 0 radical (unpaired) electrons. The average Bonchev–Trinajstić information content (AvgIpc) is 2.75. The van der Waals surface area contributed by atoms with Gasteiger partial charge in [0.2, 0.25) is 0 Å². The van der Waals surface area contributed by atoms with E-state index in [1.165, 1.54) is 39.2 Å². The summed E-state index contributed by atoms with van der Waals surface area (Å²) in [5, 5.41) is 7.21. The molecule has 2 aliphatic rings. The normalized spacial score (nSPS) is 18.5. The zero-order valence-corrected chi connectivity index (χ0v) is 19.3. The van der Waals surface area contributed by atoms with Crippen LogP contribution in [-0.2, 0) is 10.8 Å². The summed E-state index contributed by atoms with van der Waals surface area (Å²) in [6, 6.07) is 25.2. The summed E-state index contributed by atoms with van der Waals surface area (Å²) in [6.07, 6.45) is 2.33. The third-order valence-electron chi connectivity index (χ3n) is 7.48. The Morgan fingerprint density at radius 1 is 0.613 bits per heavy atom. The number of nitrogens with one attached hydrogen (secondary N) is 2. The van der Waals surface area contributed by atoms with Gasteiger partial charge in [-0.2, -0.15) is 0 Å². The van der Waals surface area contributed by atoms with Crippen molar-refractivity contribution >= 4 is 11.4 Å². The minimum Gasteiger partial charge on any atom is -0.385 e. The molecule has 5 rings (SSSR count). The summed E-state index contributed by atoms with van der Waals surface area (Å²) in [4.78, 5) is 0. The van der Waals surface area contributed by atoms with Crippen LogP contribution in [0.1, 0.15) is 74.3 Å². The molecule has 0 spiro atoms. The van der Waals surface area contributed by atoms with E-state index in [4.69, 9.17) is 0 Å². The first kappa shape index (κ1) is 20.2. The topological polar surface area (TPSA) is 24.1 Å². The van der Waals surface area contributed by atoms with E-state index in [-0.39, 0.29) is 16.7 Å². The molecule has 0 aliphatic carbocycles. The number of rotatable bonds is 3. The van der Waals surface area contributed by atoms with Crippen molar-refractivity contribution in [2.75, 3.05) is 23.7 Å². The lowest BCUT2D eigenvalue weighted by Crippen LogP contribution is -2.29. The average molecular weight is 411 g/mol. The van der Waals surface area contributed by atoms with Crippen LogP contribution in [0.3, 0.4) is 0 Å². The fourth-order valence-corrected chi connectivity index (χ4v) is 5.42. The maximum atomic E-state index is 3.61. The second-order valence-electron chi connectivity index (χ2n) is 10.6. The van der Waals surface area contributed by atoms with Crippen LogP contribution in [0, 0.1) is 0 Å². The molecule has 2 nitrogen and oxygen atoms in total. The smallest absolute Gasteiger partial charge is 0.0378 e. The molecule has 3 aromatic carbocycles. The van der Waals surface area contributed by atoms with Crippen molar-refractivity contribution in [3.8, 4) is 0 Å². The first-order valence-corrected chi connectivity index (χ1v) is 11.7. The van der Waals surface area contributed by atoms with Crippen molar-refractivity contribution in [1.29, 1.82) is 0 Å². The third kappa shape index (κ3) is 3.63. The SMILES string of the molecule is CC1(C)CCNc2ccc(C(c3ccccc3)c3ccc4c(c3)C(C)(C)CCN4)cc21. The Kier molecular flexibility index (Phi) is 4.84. The molecule has 2 aliphatic heterocycles.